The maximum atomic E-state index is 12.3. The van der Waals surface area contributed by atoms with Gasteiger partial charge in [0.05, 0.1) is 22.2 Å². The van der Waals surface area contributed by atoms with Gasteiger partial charge in [0.15, 0.2) is 13.1 Å². The third kappa shape index (κ3) is 6.24. The van der Waals surface area contributed by atoms with E-state index in [-0.39, 0.29) is 40.5 Å². The number of carbonyl (C=O) groups excluding carboxylic acids is 2. The number of anilines is 1. The molecule has 0 spiro atoms. The molecule has 0 aromatic heterocycles. The fourth-order valence-corrected chi connectivity index (χ4v) is 3.29. The molecule has 0 heterocycles. The SMILES string of the molecule is CCNC(=O)C[NH+](CC)CC(=O)Nc1cc(S(=O)(=O)N(C)C)ccc1Cl. The number of sulfonamides is 1. The summed E-state index contributed by atoms with van der Waals surface area (Å²) in [6, 6.07) is 4.13. The van der Waals surface area contributed by atoms with Crippen LogP contribution in [-0.2, 0) is 19.6 Å². The number of nitrogens with zero attached hydrogens (tertiary/aromatic N) is 1. The Kier molecular flexibility index (Phi) is 8.48. The van der Waals surface area contributed by atoms with E-state index in [2.05, 4.69) is 10.6 Å². The number of nitrogens with one attached hydrogen (secondary N) is 3. The van der Waals surface area contributed by atoms with Crippen molar-refractivity contribution in [3.05, 3.63) is 23.2 Å². The Morgan fingerprint density at radius 3 is 2.31 bits per heavy atom. The van der Waals surface area contributed by atoms with Crippen LogP contribution >= 0.6 is 11.6 Å². The monoisotopic (exact) mass is 405 g/mol. The lowest BCUT2D eigenvalue weighted by Crippen LogP contribution is -3.14. The van der Waals surface area contributed by atoms with Gasteiger partial charge in [-0.3, -0.25) is 9.59 Å². The minimum atomic E-state index is -3.64. The van der Waals surface area contributed by atoms with Gasteiger partial charge in [0.25, 0.3) is 11.8 Å². The number of amides is 2. The van der Waals surface area contributed by atoms with Gasteiger partial charge in [-0.25, -0.2) is 12.7 Å². The van der Waals surface area contributed by atoms with E-state index in [0.717, 1.165) is 9.21 Å². The first-order valence-corrected chi connectivity index (χ1v) is 10.1. The van der Waals surface area contributed by atoms with Crippen LogP contribution in [0.5, 0.6) is 0 Å². The number of rotatable bonds is 9. The molecule has 0 aliphatic rings. The first kappa shape index (κ1) is 22.4. The van der Waals surface area contributed by atoms with Gasteiger partial charge in [0, 0.05) is 20.6 Å². The second-order valence-electron chi connectivity index (χ2n) is 5.89. The molecule has 1 unspecified atom stereocenters. The maximum absolute atomic E-state index is 12.3. The minimum Gasteiger partial charge on any atom is -0.351 e. The molecule has 0 fully saturated rings. The van der Waals surface area contributed by atoms with Crippen molar-refractivity contribution < 1.29 is 22.9 Å². The topological polar surface area (TPSA) is 100 Å². The van der Waals surface area contributed by atoms with Crippen molar-refractivity contribution in [3.8, 4) is 0 Å². The van der Waals surface area contributed by atoms with Crippen LogP contribution < -0.4 is 15.5 Å². The number of benzene rings is 1. The molecule has 3 N–H and O–H groups in total. The van der Waals surface area contributed by atoms with Crippen LogP contribution in [0.25, 0.3) is 0 Å². The average Bonchev–Trinajstić information content (AvgIpc) is 2.56. The normalized spacial score (nSPS) is 12.7. The number of carbonyl (C=O) groups is 2. The highest BCUT2D eigenvalue weighted by Gasteiger charge is 2.21. The molecule has 146 valence electrons. The van der Waals surface area contributed by atoms with Gasteiger partial charge in [0.2, 0.25) is 10.0 Å². The Morgan fingerprint density at radius 1 is 1.15 bits per heavy atom. The van der Waals surface area contributed by atoms with Crippen LogP contribution in [0.3, 0.4) is 0 Å². The third-order valence-electron chi connectivity index (χ3n) is 3.69. The predicted octanol–water partition coefficient (Wildman–Crippen LogP) is -0.430. The van der Waals surface area contributed by atoms with E-state index < -0.39 is 10.0 Å². The number of hydrogen-bond donors (Lipinski definition) is 3. The Bertz CT molecular complexity index is 753. The highest BCUT2D eigenvalue weighted by atomic mass is 35.5. The maximum Gasteiger partial charge on any atom is 0.279 e. The number of likely N-dealkylation sites (N-methyl/N-ethyl adjacent to an activating group) is 2. The summed E-state index contributed by atoms with van der Waals surface area (Å²) in [5, 5.41) is 5.55. The van der Waals surface area contributed by atoms with E-state index in [1.54, 1.807) is 0 Å². The van der Waals surface area contributed by atoms with Crippen molar-refractivity contribution in [1.29, 1.82) is 0 Å². The second-order valence-corrected chi connectivity index (χ2v) is 8.45. The van der Waals surface area contributed by atoms with Gasteiger partial charge in [-0.15, -0.1) is 0 Å². The van der Waals surface area contributed by atoms with Crippen molar-refractivity contribution in [2.24, 2.45) is 0 Å². The van der Waals surface area contributed by atoms with E-state index in [1.165, 1.54) is 32.3 Å². The van der Waals surface area contributed by atoms with E-state index >= 15 is 0 Å². The fraction of sp³-hybridized carbons (Fsp3) is 0.500. The van der Waals surface area contributed by atoms with Crippen molar-refractivity contribution >= 4 is 39.1 Å². The first-order valence-electron chi connectivity index (χ1n) is 8.24. The smallest absolute Gasteiger partial charge is 0.279 e. The Morgan fingerprint density at radius 2 is 1.77 bits per heavy atom. The molecule has 1 atom stereocenters. The highest BCUT2D eigenvalue weighted by molar-refractivity contribution is 7.89. The molecule has 8 nitrogen and oxygen atoms in total. The van der Waals surface area contributed by atoms with Crippen LogP contribution in [-0.4, -0.2) is 64.8 Å². The Hall–Kier alpha value is -1.68. The highest BCUT2D eigenvalue weighted by Crippen LogP contribution is 2.26. The van der Waals surface area contributed by atoms with Crippen LogP contribution in [0, 0.1) is 0 Å². The quantitative estimate of drug-likeness (QED) is 0.519. The molecule has 0 aliphatic heterocycles. The summed E-state index contributed by atoms with van der Waals surface area (Å²) in [5.74, 6) is -0.485. The summed E-state index contributed by atoms with van der Waals surface area (Å²) in [6.45, 7) is 5.07. The molecule has 1 aromatic carbocycles. The average molecular weight is 406 g/mol. The molecule has 0 saturated carbocycles. The lowest BCUT2D eigenvalue weighted by atomic mass is 10.3. The number of quaternary nitrogens is 1. The summed E-state index contributed by atoms with van der Waals surface area (Å²) in [7, 11) is -0.791. The van der Waals surface area contributed by atoms with E-state index in [1.807, 2.05) is 13.8 Å². The van der Waals surface area contributed by atoms with Gasteiger partial charge in [-0.05, 0) is 32.0 Å². The zero-order chi connectivity index (χ0) is 19.9. The van der Waals surface area contributed by atoms with Gasteiger partial charge in [-0.1, -0.05) is 11.6 Å². The van der Waals surface area contributed by atoms with Gasteiger partial charge in [0.1, 0.15) is 0 Å². The van der Waals surface area contributed by atoms with Crippen LogP contribution in [0.15, 0.2) is 23.1 Å². The Balaban J connectivity index is 2.87. The summed E-state index contributed by atoms with van der Waals surface area (Å²) in [4.78, 5) is 24.8. The predicted molar refractivity (Wildman–Crippen MR) is 101 cm³/mol. The molecule has 0 aliphatic carbocycles. The van der Waals surface area contributed by atoms with Gasteiger partial charge >= 0.3 is 0 Å². The van der Waals surface area contributed by atoms with Gasteiger partial charge in [-0.2, -0.15) is 0 Å². The Labute approximate surface area is 159 Å². The zero-order valence-electron chi connectivity index (χ0n) is 15.4. The van der Waals surface area contributed by atoms with Crippen molar-refractivity contribution in [1.82, 2.24) is 9.62 Å². The van der Waals surface area contributed by atoms with Crippen molar-refractivity contribution in [2.75, 3.05) is 45.6 Å². The summed E-state index contributed by atoms with van der Waals surface area (Å²) in [6.07, 6.45) is 0. The second kappa shape index (κ2) is 9.86. The van der Waals surface area contributed by atoms with Crippen molar-refractivity contribution in [2.45, 2.75) is 18.7 Å². The van der Waals surface area contributed by atoms with Crippen LogP contribution in [0.4, 0.5) is 5.69 Å². The third-order valence-corrected chi connectivity index (χ3v) is 5.83. The lowest BCUT2D eigenvalue weighted by Gasteiger charge is -2.17. The fourth-order valence-electron chi connectivity index (χ4n) is 2.19. The molecular formula is C16H26ClN4O4S+. The van der Waals surface area contributed by atoms with Crippen molar-refractivity contribution in [3.63, 3.8) is 0 Å². The first-order chi connectivity index (χ1) is 12.1. The molecule has 0 radical (unpaired) electrons. The van der Waals surface area contributed by atoms with Crippen LogP contribution in [0.2, 0.25) is 5.02 Å². The van der Waals surface area contributed by atoms with E-state index in [0.29, 0.717) is 13.1 Å². The molecular weight excluding hydrogens is 380 g/mol. The van der Waals surface area contributed by atoms with Gasteiger partial charge < -0.3 is 15.5 Å². The van der Waals surface area contributed by atoms with E-state index in [4.69, 9.17) is 11.6 Å². The minimum absolute atomic E-state index is 0.0317. The molecule has 1 aromatic rings. The van der Waals surface area contributed by atoms with Crippen LogP contribution in [0.1, 0.15) is 13.8 Å². The standard InChI is InChI=1S/C16H25ClN4O4S/c1-5-18-15(22)10-21(6-2)11-16(23)19-14-9-12(7-8-13(14)17)26(24,25)20(3)4/h7-9H,5-6,10-11H2,1-4H3,(H,18,22)(H,19,23)/p+1. The lowest BCUT2D eigenvalue weighted by molar-refractivity contribution is -0.881. The summed E-state index contributed by atoms with van der Waals surface area (Å²) >= 11 is 6.07. The molecule has 0 bridgehead atoms. The molecule has 0 saturated heterocycles. The molecule has 26 heavy (non-hydrogen) atoms. The largest absolute Gasteiger partial charge is 0.351 e. The summed E-state index contributed by atoms with van der Waals surface area (Å²) in [5.41, 5.74) is 0.216. The number of hydrogen-bond acceptors (Lipinski definition) is 4. The zero-order valence-corrected chi connectivity index (χ0v) is 17.0. The summed E-state index contributed by atoms with van der Waals surface area (Å²) < 4.78 is 25.5. The number of halogens is 1. The molecule has 2 amide bonds. The van der Waals surface area contributed by atoms with E-state index in [9.17, 15) is 18.0 Å². The molecule has 1 rings (SSSR count). The molecule has 10 heteroatoms.